The van der Waals surface area contributed by atoms with Crippen molar-refractivity contribution in [2.75, 3.05) is 12.4 Å². The summed E-state index contributed by atoms with van der Waals surface area (Å²) in [5, 5.41) is 3.62. The van der Waals surface area contributed by atoms with E-state index in [1.54, 1.807) is 13.2 Å². The molecule has 31 heavy (non-hydrogen) atoms. The third-order valence-electron chi connectivity index (χ3n) is 4.12. The van der Waals surface area contributed by atoms with Gasteiger partial charge in [0.1, 0.15) is 24.8 Å². The SMILES string of the molecule is COc1ccc(Cn2cc(Cl)nc(Nc3ncc(Cl)cc3C#C[Si](C)(C)C)c2=O)cc1. The topological polar surface area (TPSA) is 69.0 Å². The zero-order valence-electron chi connectivity index (χ0n) is 17.7. The van der Waals surface area contributed by atoms with Crippen molar-refractivity contribution in [3.63, 3.8) is 0 Å². The van der Waals surface area contributed by atoms with Crippen molar-refractivity contribution < 1.29 is 4.74 Å². The van der Waals surface area contributed by atoms with E-state index in [4.69, 9.17) is 27.9 Å². The molecule has 0 aliphatic heterocycles. The van der Waals surface area contributed by atoms with Gasteiger partial charge in [-0.05, 0) is 23.8 Å². The second kappa shape index (κ2) is 9.56. The molecule has 0 unspecified atom stereocenters. The molecule has 6 nitrogen and oxygen atoms in total. The molecule has 0 fully saturated rings. The van der Waals surface area contributed by atoms with Gasteiger partial charge in [0, 0.05) is 12.4 Å². The first-order valence-electron chi connectivity index (χ1n) is 9.50. The minimum Gasteiger partial charge on any atom is -0.497 e. The van der Waals surface area contributed by atoms with Crippen molar-refractivity contribution in [1.82, 2.24) is 14.5 Å². The van der Waals surface area contributed by atoms with Crippen LogP contribution in [0.15, 0.2) is 47.5 Å². The molecule has 0 bridgehead atoms. The van der Waals surface area contributed by atoms with E-state index in [0.29, 0.717) is 22.9 Å². The van der Waals surface area contributed by atoms with Crippen LogP contribution < -0.4 is 15.6 Å². The molecule has 0 spiro atoms. The summed E-state index contributed by atoms with van der Waals surface area (Å²) >= 11 is 12.3. The Hall–Kier alpha value is -2.79. The van der Waals surface area contributed by atoms with Gasteiger partial charge in [-0.3, -0.25) is 4.79 Å². The standard InChI is InChI=1S/C22H22Cl2N4O2Si/c1-30-18-7-5-15(6-8-18)13-28-14-19(24)26-21(22(28)29)27-20-16(9-10-31(2,3)4)11-17(23)12-25-20/h5-8,11-12,14H,13H2,1-4H3,(H,25,26,27). The van der Waals surface area contributed by atoms with Gasteiger partial charge in [-0.25, -0.2) is 9.97 Å². The van der Waals surface area contributed by atoms with Crippen LogP contribution in [-0.2, 0) is 6.54 Å². The molecule has 160 valence electrons. The maximum Gasteiger partial charge on any atom is 0.294 e. The maximum atomic E-state index is 13.0. The fraction of sp³-hybridized carbons (Fsp3) is 0.227. The van der Waals surface area contributed by atoms with Crippen LogP contribution >= 0.6 is 23.2 Å². The molecule has 0 aliphatic carbocycles. The lowest BCUT2D eigenvalue weighted by molar-refractivity contribution is 0.414. The highest BCUT2D eigenvalue weighted by atomic mass is 35.5. The molecule has 0 radical (unpaired) electrons. The molecule has 0 aliphatic rings. The Kier molecular flexibility index (Phi) is 7.06. The quantitative estimate of drug-likeness (QED) is 0.419. The number of hydrogen-bond donors (Lipinski definition) is 1. The Morgan fingerprint density at radius 3 is 2.52 bits per heavy atom. The Bertz CT molecular complexity index is 1210. The van der Waals surface area contributed by atoms with Gasteiger partial charge in [0.15, 0.2) is 5.82 Å². The number of hydrogen-bond acceptors (Lipinski definition) is 5. The van der Waals surface area contributed by atoms with Crippen LogP contribution in [0.2, 0.25) is 29.8 Å². The zero-order valence-corrected chi connectivity index (χ0v) is 20.2. The first kappa shape index (κ1) is 22.9. The first-order chi connectivity index (χ1) is 14.6. The van der Waals surface area contributed by atoms with Gasteiger partial charge in [0.25, 0.3) is 5.56 Å². The van der Waals surface area contributed by atoms with Gasteiger partial charge in [-0.2, -0.15) is 0 Å². The van der Waals surface area contributed by atoms with E-state index >= 15 is 0 Å². The number of anilines is 2. The molecule has 1 aromatic carbocycles. The minimum absolute atomic E-state index is 0.0619. The van der Waals surface area contributed by atoms with Crippen molar-refractivity contribution in [3.8, 4) is 17.2 Å². The number of methoxy groups -OCH3 is 1. The first-order valence-corrected chi connectivity index (χ1v) is 13.8. The van der Waals surface area contributed by atoms with Crippen LogP contribution in [-0.4, -0.2) is 29.7 Å². The van der Waals surface area contributed by atoms with Crippen LogP contribution in [0.25, 0.3) is 0 Å². The average molecular weight is 473 g/mol. The van der Waals surface area contributed by atoms with Crippen LogP contribution in [0.5, 0.6) is 5.75 Å². The second-order valence-corrected chi connectivity index (χ2v) is 13.4. The number of aromatic nitrogens is 3. The largest absolute Gasteiger partial charge is 0.497 e. The number of pyridine rings is 1. The highest BCUT2D eigenvalue weighted by molar-refractivity contribution is 6.83. The number of nitrogens with one attached hydrogen (secondary N) is 1. The predicted molar refractivity (Wildman–Crippen MR) is 128 cm³/mol. The van der Waals surface area contributed by atoms with E-state index in [1.165, 1.54) is 17.0 Å². The monoisotopic (exact) mass is 472 g/mol. The summed E-state index contributed by atoms with van der Waals surface area (Å²) in [5.41, 5.74) is 4.46. The predicted octanol–water partition coefficient (Wildman–Crippen LogP) is 4.97. The average Bonchev–Trinajstić information content (AvgIpc) is 2.71. The number of rotatable bonds is 5. The fourth-order valence-corrected chi connectivity index (χ4v) is 3.50. The van der Waals surface area contributed by atoms with Crippen molar-refractivity contribution in [2.24, 2.45) is 0 Å². The molecule has 0 saturated heterocycles. The highest BCUT2D eigenvalue weighted by Crippen LogP contribution is 2.20. The second-order valence-electron chi connectivity index (χ2n) is 7.87. The third kappa shape index (κ3) is 6.34. The normalized spacial score (nSPS) is 10.9. The molecule has 3 rings (SSSR count). The Balaban J connectivity index is 1.95. The van der Waals surface area contributed by atoms with Crippen LogP contribution in [0, 0.1) is 11.5 Å². The van der Waals surface area contributed by atoms with Crippen molar-refractivity contribution >= 4 is 42.9 Å². The number of ether oxygens (including phenoxy) is 1. The summed E-state index contributed by atoms with van der Waals surface area (Å²) in [6.07, 6.45) is 2.99. The molecule has 3 aromatic rings. The van der Waals surface area contributed by atoms with E-state index in [2.05, 4.69) is 46.4 Å². The fourth-order valence-electron chi connectivity index (χ4n) is 2.63. The van der Waals surface area contributed by atoms with E-state index in [-0.39, 0.29) is 16.5 Å². The van der Waals surface area contributed by atoms with Crippen molar-refractivity contribution in [1.29, 1.82) is 0 Å². The number of halogens is 2. The lowest BCUT2D eigenvalue weighted by Gasteiger charge is -2.12. The summed E-state index contributed by atoms with van der Waals surface area (Å²) in [4.78, 5) is 21.5. The van der Waals surface area contributed by atoms with Crippen LogP contribution in [0.1, 0.15) is 11.1 Å². The van der Waals surface area contributed by atoms with Crippen molar-refractivity contribution in [3.05, 3.63) is 74.4 Å². The van der Waals surface area contributed by atoms with Crippen molar-refractivity contribution in [2.45, 2.75) is 26.2 Å². The molecule has 2 aromatic heterocycles. The molecule has 2 heterocycles. The van der Waals surface area contributed by atoms with E-state index < -0.39 is 8.07 Å². The molecular weight excluding hydrogens is 451 g/mol. The van der Waals surface area contributed by atoms with Crippen LogP contribution in [0.4, 0.5) is 11.6 Å². The summed E-state index contributed by atoms with van der Waals surface area (Å²) in [7, 11) is -0.0183. The molecule has 1 N–H and O–H groups in total. The van der Waals surface area contributed by atoms with Crippen LogP contribution in [0.3, 0.4) is 0 Å². The minimum atomic E-state index is -1.62. The van der Waals surface area contributed by atoms with E-state index in [9.17, 15) is 4.79 Å². The highest BCUT2D eigenvalue weighted by Gasteiger charge is 2.13. The summed E-state index contributed by atoms with van der Waals surface area (Å²) < 4.78 is 6.66. The molecule has 0 amide bonds. The van der Waals surface area contributed by atoms with Gasteiger partial charge in [0.2, 0.25) is 0 Å². The molecule has 0 saturated carbocycles. The lowest BCUT2D eigenvalue weighted by Crippen LogP contribution is -2.24. The maximum absolute atomic E-state index is 13.0. The zero-order chi connectivity index (χ0) is 22.6. The summed E-state index contributed by atoms with van der Waals surface area (Å²) in [5.74, 6) is 4.34. The number of nitrogens with zero attached hydrogens (tertiary/aromatic N) is 3. The third-order valence-corrected chi connectivity index (χ3v) is 5.38. The Morgan fingerprint density at radius 2 is 1.87 bits per heavy atom. The smallest absolute Gasteiger partial charge is 0.294 e. The lowest BCUT2D eigenvalue weighted by atomic mass is 10.2. The molecule has 0 atom stereocenters. The van der Waals surface area contributed by atoms with E-state index in [0.717, 1.165) is 11.3 Å². The molecular formula is C22H22Cl2N4O2Si. The van der Waals surface area contributed by atoms with E-state index in [1.807, 2.05) is 24.3 Å². The summed E-state index contributed by atoms with van der Waals surface area (Å²) in [6, 6.07) is 9.16. The van der Waals surface area contributed by atoms with Gasteiger partial charge in [-0.1, -0.05) is 60.9 Å². The van der Waals surface area contributed by atoms with Gasteiger partial charge in [0.05, 0.1) is 24.2 Å². The van der Waals surface area contributed by atoms with Gasteiger partial charge in [-0.15, -0.1) is 5.54 Å². The Morgan fingerprint density at radius 1 is 1.16 bits per heavy atom. The molecule has 9 heteroatoms. The van der Waals surface area contributed by atoms with Gasteiger partial charge < -0.3 is 14.6 Å². The Labute approximate surface area is 192 Å². The number of benzene rings is 1. The summed E-state index contributed by atoms with van der Waals surface area (Å²) in [6.45, 7) is 6.75. The van der Waals surface area contributed by atoms with Gasteiger partial charge >= 0.3 is 0 Å².